The molecule has 3 nitrogen and oxygen atoms in total. The first-order valence-electron chi connectivity index (χ1n) is 6.35. The number of nitrogens with one attached hydrogen (secondary N) is 2. The first kappa shape index (κ1) is 13.4. The van der Waals surface area contributed by atoms with Gasteiger partial charge in [-0.15, -0.1) is 0 Å². The number of carbonyl (C=O) groups excluding carboxylic acids is 1. The summed E-state index contributed by atoms with van der Waals surface area (Å²) in [5, 5.41) is 6.98. The Labute approximate surface area is 113 Å². The maximum Gasteiger partial charge on any atom is 0.225 e. The second-order valence-corrected chi connectivity index (χ2v) is 5.40. The summed E-state index contributed by atoms with van der Waals surface area (Å²) in [5.74, 6) is 0.568. The topological polar surface area (TPSA) is 41.1 Å². The fraction of sp³-hybridized carbons (Fsp3) is 0.500. The van der Waals surface area contributed by atoms with E-state index in [0.29, 0.717) is 10.9 Å². The molecule has 18 heavy (non-hydrogen) atoms. The van der Waals surface area contributed by atoms with Crippen LogP contribution < -0.4 is 10.6 Å². The highest BCUT2D eigenvalue weighted by molar-refractivity contribution is 6.31. The lowest BCUT2D eigenvalue weighted by atomic mass is 9.96. The minimum absolute atomic E-state index is 0.0565. The largest absolute Gasteiger partial charge is 0.349 e. The van der Waals surface area contributed by atoms with E-state index in [1.165, 1.54) is 0 Å². The first-order valence-corrected chi connectivity index (χ1v) is 6.73. The summed E-state index contributed by atoms with van der Waals surface area (Å²) in [6.07, 6.45) is 0. The number of benzene rings is 1. The lowest BCUT2D eigenvalue weighted by Crippen LogP contribution is -2.36. The molecule has 1 aliphatic heterocycles. The van der Waals surface area contributed by atoms with Gasteiger partial charge in [0.2, 0.25) is 5.91 Å². The van der Waals surface area contributed by atoms with Crippen LogP contribution in [0.25, 0.3) is 0 Å². The summed E-state index contributed by atoms with van der Waals surface area (Å²) >= 11 is 6.13. The molecule has 4 heteroatoms. The van der Waals surface area contributed by atoms with Crippen LogP contribution in [0.3, 0.4) is 0 Å². The highest BCUT2D eigenvalue weighted by Crippen LogP contribution is 2.23. The monoisotopic (exact) mass is 266 g/mol. The molecule has 2 N–H and O–H groups in total. The third-order valence-corrected chi connectivity index (χ3v) is 3.93. The van der Waals surface area contributed by atoms with E-state index in [1.807, 2.05) is 31.2 Å². The summed E-state index contributed by atoms with van der Waals surface area (Å²) in [6, 6.07) is 7.56. The van der Waals surface area contributed by atoms with Gasteiger partial charge < -0.3 is 10.6 Å². The zero-order chi connectivity index (χ0) is 13.1. The molecule has 1 saturated heterocycles. The molecule has 0 unspecified atom stereocenters. The molecule has 0 saturated carbocycles. The van der Waals surface area contributed by atoms with Crippen molar-refractivity contribution in [3.05, 3.63) is 34.9 Å². The van der Waals surface area contributed by atoms with Crippen molar-refractivity contribution in [2.45, 2.75) is 19.9 Å². The van der Waals surface area contributed by atoms with E-state index >= 15 is 0 Å². The van der Waals surface area contributed by atoms with E-state index in [9.17, 15) is 4.79 Å². The Balaban J connectivity index is 2.01. The average Bonchev–Trinajstić information content (AvgIpc) is 2.76. The third kappa shape index (κ3) is 2.85. The maximum atomic E-state index is 12.2. The Hall–Kier alpha value is -1.06. The minimum Gasteiger partial charge on any atom is -0.349 e. The van der Waals surface area contributed by atoms with Gasteiger partial charge in [-0.1, -0.05) is 36.7 Å². The number of rotatable bonds is 3. The van der Waals surface area contributed by atoms with Gasteiger partial charge in [0.25, 0.3) is 0 Å². The number of amides is 1. The van der Waals surface area contributed by atoms with Crippen molar-refractivity contribution in [1.82, 2.24) is 10.6 Å². The smallest absolute Gasteiger partial charge is 0.225 e. The van der Waals surface area contributed by atoms with Crippen molar-refractivity contribution in [2.75, 3.05) is 13.1 Å². The second kappa shape index (κ2) is 5.72. The molecule has 98 valence electrons. The molecule has 0 aromatic heterocycles. The van der Waals surface area contributed by atoms with Crippen LogP contribution in [-0.2, 0) is 4.79 Å². The molecular weight excluding hydrogens is 248 g/mol. The predicted molar refractivity (Wildman–Crippen MR) is 73.5 cm³/mol. The molecule has 0 aliphatic carbocycles. The Bertz CT molecular complexity index is 436. The maximum absolute atomic E-state index is 12.2. The molecule has 1 amide bonds. The molecule has 1 aliphatic rings. The summed E-state index contributed by atoms with van der Waals surface area (Å²) in [5.41, 5.74) is 0.964. The molecule has 2 rings (SSSR count). The van der Waals surface area contributed by atoms with Gasteiger partial charge in [0.15, 0.2) is 0 Å². The van der Waals surface area contributed by atoms with E-state index < -0.39 is 0 Å². The van der Waals surface area contributed by atoms with Gasteiger partial charge in [0.05, 0.1) is 12.0 Å². The lowest BCUT2D eigenvalue weighted by Gasteiger charge is -2.20. The summed E-state index contributed by atoms with van der Waals surface area (Å²) in [6.45, 7) is 5.75. The number of hydrogen-bond acceptors (Lipinski definition) is 2. The van der Waals surface area contributed by atoms with Crippen LogP contribution in [0, 0.1) is 11.8 Å². The Morgan fingerprint density at radius 1 is 1.44 bits per heavy atom. The van der Waals surface area contributed by atoms with Gasteiger partial charge in [0, 0.05) is 11.6 Å². The lowest BCUT2D eigenvalue weighted by molar-refractivity contribution is -0.126. The van der Waals surface area contributed by atoms with Crippen molar-refractivity contribution >= 4 is 17.5 Å². The van der Waals surface area contributed by atoms with Gasteiger partial charge in [-0.25, -0.2) is 0 Å². The predicted octanol–water partition coefficient (Wildman–Crippen LogP) is 2.37. The SMILES string of the molecule is C[C@H](NC(=O)[C@@H]1CNC[C@H]1C)c1ccccc1Cl. The number of carbonyl (C=O) groups is 1. The molecule has 0 bridgehead atoms. The van der Waals surface area contributed by atoms with Crippen molar-refractivity contribution in [3.63, 3.8) is 0 Å². The van der Waals surface area contributed by atoms with Gasteiger partial charge in [-0.05, 0) is 31.0 Å². The first-order chi connectivity index (χ1) is 8.59. The van der Waals surface area contributed by atoms with E-state index in [0.717, 1.165) is 18.7 Å². The van der Waals surface area contributed by atoms with Gasteiger partial charge >= 0.3 is 0 Å². The zero-order valence-electron chi connectivity index (χ0n) is 10.7. The highest BCUT2D eigenvalue weighted by atomic mass is 35.5. The van der Waals surface area contributed by atoms with Crippen LogP contribution in [0.4, 0.5) is 0 Å². The number of hydrogen-bond donors (Lipinski definition) is 2. The van der Waals surface area contributed by atoms with Gasteiger partial charge in [-0.2, -0.15) is 0 Å². The summed E-state index contributed by atoms with van der Waals surface area (Å²) < 4.78 is 0. The standard InChI is InChI=1S/C14H19ClN2O/c1-9-7-16-8-12(9)14(18)17-10(2)11-5-3-4-6-13(11)15/h3-6,9-10,12,16H,7-8H2,1-2H3,(H,17,18)/t9-,10+,12-/m1/s1. The molecule has 1 heterocycles. The number of halogens is 1. The van der Waals surface area contributed by atoms with E-state index in [4.69, 9.17) is 11.6 Å². The van der Waals surface area contributed by atoms with Gasteiger partial charge in [-0.3, -0.25) is 4.79 Å². The zero-order valence-corrected chi connectivity index (χ0v) is 11.5. The minimum atomic E-state index is -0.0565. The fourth-order valence-corrected chi connectivity index (χ4v) is 2.68. The van der Waals surface area contributed by atoms with Crippen molar-refractivity contribution in [1.29, 1.82) is 0 Å². The van der Waals surface area contributed by atoms with Crippen LogP contribution >= 0.6 is 11.6 Å². The Morgan fingerprint density at radius 2 is 2.17 bits per heavy atom. The van der Waals surface area contributed by atoms with Crippen molar-refractivity contribution in [3.8, 4) is 0 Å². The van der Waals surface area contributed by atoms with Gasteiger partial charge in [0.1, 0.15) is 0 Å². The van der Waals surface area contributed by atoms with Crippen LogP contribution in [0.15, 0.2) is 24.3 Å². The van der Waals surface area contributed by atoms with E-state index in [-0.39, 0.29) is 17.9 Å². The average molecular weight is 267 g/mol. The Kier molecular flexibility index (Phi) is 4.25. The quantitative estimate of drug-likeness (QED) is 0.882. The Morgan fingerprint density at radius 3 is 2.78 bits per heavy atom. The molecule has 0 spiro atoms. The van der Waals surface area contributed by atoms with Crippen LogP contribution in [0.2, 0.25) is 5.02 Å². The molecular formula is C14H19ClN2O. The van der Waals surface area contributed by atoms with Crippen molar-refractivity contribution < 1.29 is 4.79 Å². The molecule has 1 aromatic rings. The molecule has 3 atom stereocenters. The summed E-state index contributed by atoms with van der Waals surface area (Å²) in [4.78, 5) is 12.2. The normalized spacial score (nSPS) is 24.8. The van der Waals surface area contributed by atoms with Crippen LogP contribution in [0.5, 0.6) is 0 Å². The van der Waals surface area contributed by atoms with Crippen molar-refractivity contribution in [2.24, 2.45) is 11.8 Å². The summed E-state index contributed by atoms with van der Waals surface area (Å²) in [7, 11) is 0. The van der Waals surface area contributed by atoms with E-state index in [1.54, 1.807) is 0 Å². The van der Waals surface area contributed by atoms with Crippen LogP contribution in [-0.4, -0.2) is 19.0 Å². The highest BCUT2D eigenvalue weighted by Gasteiger charge is 2.30. The van der Waals surface area contributed by atoms with Crippen LogP contribution in [0.1, 0.15) is 25.5 Å². The fourth-order valence-electron chi connectivity index (χ4n) is 2.39. The van der Waals surface area contributed by atoms with E-state index in [2.05, 4.69) is 17.6 Å². The second-order valence-electron chi connectivity index (χ2n) is 4.99. The molecule has 1 aromatic carbocycles. The molecule has 1 fully saturated rings. The third-order valence-electron chi connectivity index (χ3n) is 3.58. The molecule has 0 radical (unpaired) electrons.